The third-order valence-electron chi connectivity index (χ3n) is 4.31. The highest BCUT2D eigenvalue weighted by atomic mass is 32.2. The number of methoxy groups -OCH3 is 1. The minimum Gasteiger partial charge on any atom is -0.497 e. The second-order valence-electron chi connectivity index (χ2n) is 6.12. The molecule has 2 aromatic heterocycles. The van der Waals surface area contributed by atoms with Gasteiger partial charge < -0.3 is 19.1 Å². The van der Waals surface area contributed by atoms with Crippen LogP contribution < -0.4 is 9.47 Å². The lowest BCUT2D eigenvalue weighted by molar-refractivity contribution is 0.126. The van der Waals surface area contributed by atoms with Gasteiger partial charge in [-0.2, -0.15) is 0 Å². The molecule has 1 atom stereocenters. The van der Waals surface area contributed by atoms with Crippen molar-refractivity contribution >= 4 is 28.6 Å². The zero-order chi connectivity index (χ0) is 18.8. The van der Waals surface area contributed by atoms with Crippen molar-refractivity contribution in [2.75, 3.05) is 19.5 Å². The van der Waals surface area contributed by atoms with Gasteiger partial charge in [0.2, 0.25) is 5.78 Å². The molecule has 4 rings (SSSR count). The van der Waals surface area contributed by atoms with Gasteiger partial charge in [0.15, 0.2) is 5.16 Å². The first kappa shape index (κ1) is 17.7. The Balaban J connectivity index is 1.41. The number of nitrogens with zero attached hydrogens (tertiary/aromatic N) is 4. The molecule has 0 fully saturated rings. The normalized spacial score (nSPS) is 12.6. The molecule has 0 radical (unpaired) electrons. The molecular formula is C19H20N4O3S. The van der Waals surface area contributed by atoms with Crippen molar-refractivity contribution in [1.29, 1.82) is 0 Å². The number of fused-ring (bicyclic) bond motifs is 3. The average molecular weight is 384 g/mol. The summed E-state index contributed by atoms with van der Waals surface area (Å²) in [5, 5.41) is 19.6. The van der Waals surface area contributed by atoms with E-state index in [0.717, 1.165) is 27.7 Å². The number of aryl methyl sites for hydroxylation is 1. The third kappa shape index (κ3) is 3.45. The monoisotopic (exact) mass is 384 g/mol. The second kappa shape index (κ2) is 7.50. The number of thioether (sulfide) groups is 1. The molecule has 0 spiro atoms. The first-order valence-corrected chi connectivity index (χ1v) is 9.52. The predicted molar refractivity (Wildman–Crippen MR) is 105 cm³/mol. The topological polar surface area (TPSA) is 73.8 Å². The Hall–Kier alpha value is -2.71. The van der Waals surface area contributed by atoms with Crippen molar-refractivity contribution in [1.82, 2.24) is 19.2 Å². The molecule has 0 saturated heterocycles. The molecule has 0 amide bonds. The summed E-state index contributed by atoms with van der Waals surface area (Å²) in [5.74, 6) is 2.70. The van der Waals surface area contributed by atoms with E-state index in [1.807, 2.05) is 58.5 Å². The number of aliphatic hydroxyl groups excluding tert-OH is 1. The maximum Gasteiger partial charge on any atom is 0.236 e. The Morgan fingerprint density at radius 1 is 1.04 bits per heavy atom. The number of hydrogen-bond donors (Lipinski definition) is 1. The minimum atomic E-state index is -0.626. The summed E-state index contributed by atoms with van der Waals surface area (Å²) in [6.07, 6.45) is -0.626. The van der Waals surface area contributed by atoms with Crippen LogP contribution in [0.15, 0.2) is 53.7 Å². The van der Waals surface area contributed by atoms with E-state index in [2.05, 4.69) is 16.3 Å². The van der Waals surface area contributed by atoms with Gasteiger partial charge in [0.25, 0.3) is 0 Å². The lowest BCUT2D eigenvalue weighted by Crippen LogP contribution is -2.20. The van der Waals surface area contributed by atoms with E-state index < -0.39 is 6.10 Å². The van der Waals surface area contributed by atoms with E-state index in [-0.39, 0.29) is 6.61 Å². The highest BCUT2D eigenvalue weighted by Gasteiger charge is 2.16. The van der Waals surface area contributed by atoms with Crippen LogP contribution in [0.25, 0.3) is 16.8 Å². The number of imidazole rings is 1. The first-order chi connectivity index (χ1) is 13.2. The Morgan fingerprint density at radius 3 is 2.48 bits per heavy atom. The second-order valence-corrected chi connectivity index (χ2v) is 7.10. The van der Waals surface area contributed by atoms with Gasteiger partial charge in [-0.3, -0.25) is 4.40 Å². The van der Waals surface area contributed by atoms with Crippen LogP contribution in [0.1, 0.15) is 0 Å². The Labute approximate surface area is 160 Å². The van der Waals surface area contributed by atoms with Crippen LogP contribution in [0.3, 0.4) is 0 Å². The Bertz CT molecular complexity index is 1060. The predicted octanol–water partition coefficient (Wildman–Crippen LogP) is 2.76. The molecule has 140 valence electrons. The number of rotatable bonds is 7. The fourth-order valence-corrected chi connectivity index (χ4v) is 3.76. The number of aromatic nitrogens is 4. The van der Waals surface area contributed by atoms with E-state index in [0.29, 0.717) is 11.5 Å². The molecule has 2 heterocycles. The lowest BCUT2D eigenvalue weighted by Gasteiger charge is -2.11. The van der Waals surface area contributed by atoms with Crippen LogP contribution in [0.5, 0.6) is 11.5 Å². The molecule has 2 aromatic carbocycles. The number of ether oxygens (including phenoxy) is 2. The summed E-state index contributed by atoms with van der Waals surface area (Å²) >= 11 is 1.46. The number of para-hydroxylation sites is 2. The van der Waals surface area contributed by atoms with E-state index in [4.69, 9.17) is 9.47 Å². The SMILES string of the molecule is COc1ccc(OCC(O)CSc2nnc3n(C)c4ccccc4n23)cc1. The van der Waals surface area contributed by atoms with Gasteiger partial charge in [-0.15, -0.1) is 10.2 Å². The summed E-state index contributed by atoms with van der Waals surface area (Å²) in [5.41, 5.74) is 2.14. The zero-order valence-electron chi connectivity index (χ0n) is 15.1. The smallest absolute Gasteiger partial charge is 0.236 e. The van der Waals surface area contributed by atoms with Gasteiger partial charge in [0.05, 0.1) is 24.2 Å². The maximum absolute atomic E-state index is 10.3. The largest absolute Gasteiger partial charge is 0.497 e. The molecule has 0 aliphatic carbocycles. The van der Waals surface area contributed by atoms with Crippen LogP contribution in [-0.2, 0) is 7.05 Å². The standard InChI is InChI=1S/C19H20N4O3S/c1-22-16-5-3-4-6-17(16)23-18(22)20-21-19(23)27-12-13(24)11-26-15-9-7-14(25-2)8-10-15/h3-10,13,24H,11-12H2,1-2H3. The van der Waals surface area contributed by atoms with Crippen LogP contribution in [-0.4, -0.2) is 49.8 Å². The Morgan fingerprint density at radius 2 is 1.74 bits per heavy atom. The van der Waals surface area contributed by atoms with Gasteiger partial charge in [-0.25, -0.2) is 0 Å². The number of hydrogen-bond acceptors (Lipinski definition) is 6. The molecular weight excluding hydrogens is 364 g/mol. The first-order valence-electron chi connectivity index (χ1n) is 8.53. The van der Waals surface area contributed by atoms with Crippen molar-refractivity contribution in [2.24, 2.45) is 7.05 Å². The van der Waals surface area contributed by atoms with Crippen molar-refractivity contribution < 1.29 is 14.6 Å². The van der Waals surface area contributed by atoms with Crippen LogP contribution in [0, 0.1) is 0 Å². The van der Waals surface area contributed by atoms with E-state index in [1.54, 1.807) is 7.11 Å². The summed E-state index contributed by atoms with van der Waals surface area (Å²) < 4.78 is 14.8. The number of benzene rings is 2. The highest BCUT2D eigenvalue weighted by Crippen LogP contribution is 2.25. The van der Waals surface area contributed by atoms with Crippen LogP contribution in [0.2, 0.25) is 0 Å². The van der Waals surface area contributed by atoms with Crippen molar-refractivity contribution in [3.63, 3.8) is 0 Å². The van der Waals surface area contributed by atoms with Crippen molar-refractivity contribution in [3.05, 3.63) is 48.5 Å². The average Bonchev–Trinajstić information content (AvgIpc) is 3.25. The summed E-state index contributed by atoms with van der Waals surface area (Å²) in [6, 6.07) is 15.4. The third-order valence-corrected chi connectivity index (χ3v) is 5.38. The van der Waals surface area contributed by atoms with Crippen LogP contribution in [0.4, 0.5) is 0 Å². The fraction of sp³-hybridized carbons (Fsp3) is 0.263. The lowest BCUT2D eigenvalue weighted by atomic mass is 10.3. The molecule has 0 aliphatic rings. The molecule has 0 bridgehead atoms. The molecule has 1 unspecified atom stereocenters. The van der Waals surface area contributed by atoms with E-state index >= 15 is 0 Å². The van der Waals surface area contributed by atoms with E-state index in [1.165, 1.54) is 11.8 Å². The summed E-state index contributed by atoms with van der Waals surface area (Å²) in [7, 11) is 3.59. The van der Waals surface area contributed by atoms with Crippen molar-refractivity contribution in [3.8, 4) is 11.5 Å². The highest BCUT2D eigenvalue weighted by molar-refractivity contribution is 7.99. The molecule has 1 N–H and O–H groups in total. The van der Waals surface area contributed by atoms with Gasteiger partial charge in [0.1, 0.15) is 18.1 Å². The molecule has 0 aliphatic heterocycles. The van der Waals surface area contributed by atoms with Gasteiger partial charge >= 0.3 is 0 Å². The van der Waals surface area contributed by atoms with Gasteiger partial charge in [-0.05, 0) is 36.4 Å². The molecule has 4 aromatic rings. The maximum atomic E-state index is 10.3. The summed E-state index contributed by atoms with van der Waals surface area (Å²) in [4.78, 5) is 0. The Kier molecular flexibility index (Phi) is 4.91. The van der Waals surface area contributed by atoms with Crippen LogP contribution >= 0.6 is 11.8 Å². The number of aliphatic hydroxyl groups is 1. The minimum absolute atomic E-state index is 0.205. The molecule has 0 saturated carbocycles. The van der Waals surface area contributed by atoms with E-state index in [9.17, 15) is 5.11 Å². The molecule has 27 heavy (non-hydrogen) atoms. The zero-order valence-corrected chi connectivity index (χ0v) is 15.9. The molecule has 8 heteroatoms. The van der Waals surface area contributed by atoms with Crippen molar-refractivity contribution in [2.45, 2.75) is 11.3 Å². The summed E-state index contributed by atoms with van der Waals surface area (Å²) in [6.45, 7) is 0.205. The quantitative estimate of drug-likeness (QED) is 0.494. The fourth-order valence-electron chi connectivity index (χ4n) is 2.91. The van der Waals surface area contributed by atoms with Gasteiger partial charge in [-0.1, -0.05) is 23.9 Å². The van der Waals surface area contributed by atoms with Gasteiger partial charge in [0, 0.05) is 12.8 Å². The molecule has 7 nitrogen and oxygen atoms in total.